The first-order valence-corrected chi connectivity index (χ1v) is 5.47. The lowest BCUT2D eigenvalue weighted by Crippen LogP contribution is -2.12. The third kappa shape index (κ3) is 4.74. The number of benzene rings is 1. The summed E-state index contributed by atoms with van der Waals surface area (Å²) in [7, 11) is 1.69. The van der Waals surface area contributed by atoms with Crippen molar-refractivity contribution in [1.82, 2.24) is 0 Å². The quantitative estimate of drug-likeness (QED) is 0.248. The SMILES string of the molecule is COCCCCOc1ccc(/C(N)=N/O)cc1. The van der Waals surface area contributed by atoms with Gasteiger partial charge in [-0.2, -0.15) is 0 Å². The van der Waals surface area contributed by atoms with Crippen molar-refractivity contribution in [3.8, 4) is 5.75 Å². The molecule has 0 heterocycles. The second-order valence-corrected chi connectivity index (χ2v) is 3.56. The number of oxime groups is 1. The van der Waals surface area contributed by atoms with Crippen LogP contribution in [0.4, 0.5) is 0 Å². The molecular weight excluding hydrogens is 220 g/mol. The zero-order valence-electron chi connectivity index (χ0n) is 9.93. The lowest BCUT2D eigenvalue weighted by molar-refractivity contribution is 0.184. The van der Waals surface area contributed by atoms with Gasteiger partial charge in [-0.15, -0.1) is 0 Å². The van der Waals surface area contributed by atoms with E-state index in [1.54, 1.807) is 31.4 Å². The molecule has 1 aromatic carbocycles. The van der Waals surface area contributed by atoms with Gasteiger partial charge in [0, 0.05) is 19.3 Å². The maximum absolute atomic E-state index is 8.50. The lowest BCUT2D eigenvalue weighted by Gasteiger charge is -2.06. The van der Waals surface area contributed by atoms with Gasteiger partial charge in [0.15, 0.2) is 5.84 Å². The maximum Gasteiger partial charge on any atom is 0.170 e. The number of hydrogen-bond donors (Lipinski definition) is 2. The number of ether oxygens (including phenoxy) is 2. The normalized spacial score (nSPS) is 11.5. The molecule has 0 saturated heterocycles. The Balaban J connectivity index is 2.35. The number of nitrogens with zero attached hydrogens (tertiary/aromatic N) is 1. The number of amidine groups is 1. The summed E-state index contributed by atoms with van der Waals surface area (Å²) in [5, 5.41) is 11.4. The fourth-order valence-electron chi connectivity index (χ4n) is 1.32. The third-order valence-corrected chi connectivity index (χ3v) is 2.27. The molecule has 0 atom stereocenters. The lowest BCUT2D eigenvalue weighted by atomic mass is 10.2. The van der Waals surface area contributed by atoms with E-state index in [1.165, 1.54) is 0 Å². The Bertz CT molecular complexity index is 349. The van der Waals surface area contributed by atoms with Crippen LogP contribution in [0.3, 0.4) is 0 Å². The van der Waals surface area contributed by atoms with Crippen molar-refractivity contribution >= 4 is 5.84 Å². The van der Waals surface area contributed by atoms with Gasteiger partial charge in [0.25, 0.3) is 0 Å². The standard InChI is InChI=1S/C12H18N2O3/c1-16-8-2-3-9-17-11-6-4-10(5-7-11)12(13)14-15/h4-7,15H,2-3,8-9H2,1H3,(H2,13,14). The first-order valence-electron chi connectivity index (χ1n) is 5.47. The maximum atomic E-state index is 8.50. The first-order chi connectivity index (χ1) is 8.27. The van der Waals surface area contributed by atoms with Crippen molar-refractivity contribution in [2.45, 2.75) is 12.8 Å². The Morgan fingerprint density at radius 2 is 1.88 bits per heavy atom. The molecule has 0 unspecified atom stereocenters. The summed E-state index contributed by atoms with van der Waals surface area (Å²) >= 11 is 0. The molecule has 5 nitrogen and oxygen atoms in total. The van der Waals surface area contributed by atoms with E-state index in [1.807, 2.05) is 0 Å². The number of methoxy groups -OCH3 is 1. The summed E-state index contributed by atoms with van der Waals surface area (Å²) in [4.78, 5) is 0. The van der Waals surface area contributed by atoms with Crippen LogP contribution in [-0.4, -0.2) is 31.4 Å². The van der Waals surface area contributed by atoms with Crippen LogP contribution >= 0.6 is 0 Å². The summed E-state index contributed by atoms with van der Waals surface area (Å²) in [5.41, 5.74) is 6.11. The average molecular weight is 238 g/mol. The van der Waals surface area contributed by atoms with Gasteiger partial charge in [0.1, 0.15) is 5.75 Å². The molecule has 1 aromatic rings. The van der Waals surface area contributed by atoms with Gasteiger partial charge in [-0.3, -0.25) is 0 Å². The molecule has 1 rings (SSSR count). The molecular formula is C12H18N2O3. The van der Waals surface area contributed by atoms with Crippen LogP contribution in [-0.2, 0) is 4.74 Å². The molecule has 0 amide bonds. The van der Waals surface area contributed by atoms with Crippen molar-refractivity contribution in [2.24, 2.45) is 10.9 Å². The highest BCUT2D eigenvalue weighted by molar-refractivity contribution is 5.97. The predicted molar refractivity (Wildman–Crippen MR) is 65.6 cm³/mol. The van der Waals surface area contributed by atoms with E-state index in [0.29, 0.717) is 12.2 Å². The average Bonchev–Trinajstić information content (AvgIpc) is 2.38. The van der Waals surface area contributed by atoms with Crippen molar-refractivity contribution in [3.05, 3.63) is 29.8 Å². The second-order valence-electron chi connectivity index (χ2n) is 3.56. The molecule has 17 heavy (non-hydrogen) atoms. The van der Waals surface area contributed by atoms with Crippen molar-refractivity contribution in [3.63, 3.8) is 0 Å². The van der Waals surface area contributed by atoms with E-state index in [0.717, 1.165) is 25.2 Å². The van der Waals surface area contributed by atoms with E-state index in [4.69, 9.17) is 20.4 Å². The molecule has 0 radical (unpaired) electrons. The summed E-state index contributed by atoms with van der Waals surface area (Å²) in [6.07, 6.45) is 1.94. The van der Waals surface area contributed by atoms with E-state index < -0.39 is 0 Å². The molecule has 94 valence electrons. The van der Waals surface area contributed by atoms with E-state index in [-0.39, 0.29) is 5.84 Å². The van der Waals surface area contributed by atoms with Gasteiger partial charge >= 0.3 is 0 Å². The number of hydrogen-bond acceptors (Lipinski definition) is 4. The molecule has 0 aliphatic carbocycles. The topological polar surface area (TPSA) is 77.1 Å². The molecule has 0 saturated carbocycles. The molecule has 0 bridgehead atoms. The molecule has 0 aliphatic heterocycles. The molecule has 5 heteroatoms. The summed E-state index contributed by atoms with van der Waals surface area (Å²) in [5.74, 6) is 0.869. The molecule has 0 spiro atoms. The van der Waals surface area contributed by atoms with Gasteiger partial charge in [0.2, 0.25) is 0 Å². The van der Waals surface area contributed by atoms with Crippen LogP contribution in [0.25, 0.3) is 0 Å². The Morgan fingerprint density at radius 3 is 2.47 bits per heavy atom. The highest BCUT2D eigenvalue weighted by atomic mass is 16.5. The highest BCUT2D eigenvalue weighted by Crippen LogP contribution is 2.12. The molecule has 0 fully saturated rings. The van der Waals surface area contributed by atoms with Crippen molar-refractivity contribution < 1.29 is 14.7 Å². The highest BCUT2D eigenvalue weighted by Gasteiger charge is 1.99. The van der Waals surface area contributed by atoms with E-state index in [2.05, 4.69) is 5.16 Å². The van der Waals surface area contributed by atoms with Gasteiger partial charge in [-0.05, 0) is 37.1 Å². The summed E-state index contributed by atoms with van der Waals surface area (Å²) < 4.78 is 10.5. The minimum absolute atomic E-state index is 0.0941. The van der Waals surface area contributed by atoms with Gasteiger partial charge < -0.3 is 20.4 Å². The smallest absolute Gasteiger partial charge is 0.170 e. The van der Waals surface area contributed by atoms with Gasteiger partial charge in [0.05, 0.1) is 6.61 Å². The Labute approximate surface area is 101 Å². The summed E-state index contributed by atoms with van der Waals surface area (Å²) in [6, 6.07) is 7.09. The zero-order valence-corrected chi connectivity index (χ0v) is 9.93. The Kier molecular flexibility index (Phi) is 5.88. The fourth-order valence-corrected chi connectivity index (χ4v) is 1.32. The number of nitrogens with two attached hydrogens (primary N) is 1. The number of rotatable bonds is 7. The monoisotopic (exact) mass is 238 g/mol. The van der Waals surface area contributed by atoms with Crippen molar-refractivity contribution in [2.75, 3.05) is 20.3 Å². The van der Waals surface area contributed by atoms with Crippen LogP contribution < -0.4 is 10.5 Å². The van der Waals surface area contributed by atoms with Crippen LogP contribution in [0.5, 0.6) is 5.75 Å². The van der Waals surface area contributed by atoms with Crippen LogP contribution in [0.2, 0.25) is 0 Å². The van der Waals surface area contributed by atoms with Crippen molar-refractivity contribution in [1.29, 1.82) is 0 Å². The van der Waals surface area contributed by atoms with E-state index in [9.17, 15) is 0 Å². The van der Waals surface area contributed by atoms with E-state index >= 15 is 0 Å². The Hall–Kier alpha value is -1.75. The molecule has 0 aromatic heterocycles. The minimum atomic E-state index is 0.0941. The number of unbranched alkanes of at least 4 members (excludes halogenated alkanes) is 1. The van der Waals surface area contributed by atoms with Crippen LogP contribution in [0, 0.1) is 0 Å². The Morgan fingerprint density at radius 1 is 1.24 bits per heavy atom. The van der Waals surface area contributed by atoms with Gasteiger partial charge in [-0.1, -0.05) is 5.16 Å². The first kappa shape index (κ1) is 13.3. The molecule has 3 N–H and O–H groups in total. The largest absolute Gasteiger partial charge is 0.494 e. The predicted octanol–water partition coefficient (Wildman–Crippen LogP) is 1.59. The van der Waals surface area contributed by atoms with Crippen LogP contribution in [0.15, 0.2) is 29.4 Å². The fraction of sp³-hybridized carbons (Fsp3) is 0.417. The zero-order chi connectivity index (χ0) is 12.5. The van der Waals surface area contributed by atoms with Crippen LogP contribution in [0.1, 0.15) is 18.4 Å². The summed E-state index contributed by atoms with van der Waals surface area (Å²) in [6.45, 7) is 1.41. The van der Waals surface area contributed by atoms with Gasteiger partial charge in [-0.25, -0.2) is 0 Å². The third-order valence-electron chi connectivity index (χ3n) is 2.27. The minimum Gasteiger partial charge on any atom is -0.494 e. The molecule has 0 aliphatic rings. The second kappa shape index (κ2) is 7.51.